The summed E-state index contributed by atoms with van der Waals surface area (Å²) in [6.07, 6.45) is 0.279. The molecule has 6 nitrogen and oxygen atoms in total. The van der Waals surface area contributed by atoms with E-state index in [1.807, 2.05) is 0 Å². The molecule has 2 rings (SSSR count). The van der Waals surface area contributed by atoms with Gasteiger partial charge in [0, 0.05) is 30.0 Å². The molecule has 1 aromatic rings. The van der Waals surface area contributed by atoms with Crippen molar-refractivity contribution in [3.8, 4) is 0 Å². The first kappa shape index (κ1) is 12.8. The van der Waals surface area contributed by atoms with Crippen molar-refractivity contribution < 1.29 is 9.53 Å². The molecule has 0 atom stereocenters. The fourth-order valence-electron chi connectivity index (χ4n) is 2.09. The molecule has 1 N–H and O–H groups in total. The van der Waals surface area contributed by atoms with Gasteiger partial charge in [-0.2, -0.15) is 4.98 Å². The molecule has 1 aromatic heterocycles. The Morgan fingerprint density at radius 3 is 2.67 bits per heavy atom. The van der Waals surface area contributed by atoms with Crippen LogP contribution in [-0.2, 0) is 16.0 Å². The quantitative estimate of drug-likeness (QED) is 0.789. The Bertz CT molecular complexity index is 478. The minimum atomic E-state index is -0.368. The summed E-state index contributed by atoms with van der Waals surface area (Å²) in [5.74, 6) is 0.0540. The summed E-state index contributed by atoms with van der Waals surface area (Å²) >= 11 is 0. The fourth-order valence-corrected chi connectivity index (χ4v) is 2.09. The van der Waals surface area contributed by atoms with Gasteiger partial charge >= 0.3 is 5.69 Å². The Kier molecular flexibility index (Phi) is 3.76. The number of amides is 1. The first-order valence-corrected chi connectivity index (χ1v) is 6.00. The normalized spacial score (nSPS) is 15.8. The van der Waals surface area contributed by atoms with E-state index in [4.69, 9.17) is 4.74 Å². The van der Waals surface area contributed by atoms with Gasteiger partial charge in [-0.3, -0.25) is 4.79 Å². The summed E-state index contributed by atoms with van der Waals surface area (Å²) < 4.78 is 5.21. The molecule has 98 valence electrons. The highest BCUT2D eigenvalue weighted by atomic mass is 16.5. The third-order valence-electron chi connectivity index (χ3n) is 3.14. The lowest BCUT2D eigenvalue weighted by Crippen LogP contribution is -2.41. The summed E-state index contributed by atoms with van der Waals surface area (Å²) in [7, 11) is 0. The lowest BCUT2D eigenvalue weighted by Gasteiger charge is -2.27. The van der Waals surface area contributed by atoms with E-state index in [0.717, 1.165) is 5.56 Å². The number of nitrogens with zero attached hydrogens (tertiary/aromatic N) is 2. The molecule has 0 aromatic carbocycles. The fraction of sp³-hybridized carbons (Fsp3) is 0.583. The van der Waals surface area contributed by atoms with Gasteiger partial charge in [0.05, 0.1) is 19.6 Å². The van der Waals surface area contributed by atoms with Crippen LogP contribution in [0.25, 0.3) is 0 Å². The summed E-state index contributed by atoms with van der Waals surface area (Å²) in [5, 5.41) is 0. The molecular weight excluding hydrogens is 234 g/mol. The topological polar surface area (TPSA) is 75.3 Å². The lowest BCUT2D eigenvalue weighted by molar-refractivity contribution is -0.134. The predicted molar refractivity (Wildman–Crippen MR) is 65.4 cm³/mol. The number of ether oxygens (including phenoxy) is 1. The zero-order valence-electron chi connectivity index (χ0n) is 10.7. The molecule has 0 unspecified atom stereocenters. The van der Waals surface area contributed by atoms with Crippen molar-refractivity contribution in [1.82, 2.24) is 14.9 Å². The van der Waals surface area contributed by atoms with Gasteiger partial charge in [0.2, 0.25) is 5.91 Å². The highest BCUT2D eigenvalue weighted by Gasteiger charge is 2.19. The van der Waals surface area contributed by atoms with Gasteiger partial charge in [0.15, 0.2) is 0 Å². The zero-order chi connectivity index (χ0) is 13.1. The third kappa shape index (κ3) is 2.76. The summed E-state index contributed by atoms with van der Waals surface area (Å²) in [6, 6.07) is 0. The molecular formula is C12H17N3O3. The summed E-state index contributed by atoms with van der Waals surface area (Å²) in [4.78, 5) is 31.5. The molecule has 6 heteroatoms. The van der Waals surface area contributed by atoms with Crippen LogP contribution in [0.1, 0.15) is 17.0 Å². The van der Waals surface area contributed by atoms with Crippen LogP contribution in [0.15, 0.2) is 4.79 Å². The number of morpholine rings is 1. The van der Waals surface area contributed by atoms with Crippen molar-refractivity contribution in [3.05, 3.63) is 27.4 Å². The van der Waals surface area contributed by atoms with Crippen LogP contribution < -0.4 is 5.69 Å². The number of carbonyl (C=O) groups is 1. The molecule has 0 saturated carbocycles. The number of hydrogen-bond acceptors (Lipinski definition) is 4. The average molecular weight is 251 g/mol. The Labute approximate surface area is 105 Å². The minimum absolute atomic E-state index is 0.0540. The number of aromatic nitrogens is 2. The Balaban J connectivity index is 2.13. The second-order valence-electron chi connectivity index (χ2n) is 4.40. The molecule has 0 radical (unpaired) electrons. The number of aryl methyl sites for hydroxylation is 2. The largest absolute Gasteiger partial charge is 0.378 e. The summed E-state index contributed by atoms with van der Waals surface area (Å²) in [5.41, 5.74) is 1.78. The van der Waals surface area contributed by atoms with E-state index >= 15 is 0 Å². The van der Waals surface area contributed by atoms with Crippen LogP contribution >= 0.6 is 0 Å². The number of hydrogen-bond donors (Lipinski definition) is 1. The SMILES string of the molecule is Cc1nc(=O)[nH]c(C)c1CC(=O)N1CCOCC1. The molecule has 1 aliphatic rings. The van der Waals surface area contributed by atoms with Gasteiger partial charge in [0.1, 0.15) is 0 Å². The first-order valence-electron chi connectivity index (χ1n) is 6.00. The second-order valence-corrected chi connectivity index (χ2v) is 4.40. The molecule has 0 bridgehead atoms. The molecule has 18 heavy (non-hydrogen) atoms. The van der Waals surface area contributed by atoms with E-state index in [0.29, 0.717) is 37.7 Å². The third-order valence-corrected chi connectivity index (χ3v) is 3.14. The number of nitrogens with one attached hydrogen (secondary N) is 1. The van der Waals surface area contributed by atoms with Crippen LogP contribution in [0.2, 0.25) is 0 Å². The highest BCUT2D eigenvalue weighted by Crippen LogP contribution is 2.10. The van der Waals surface area contributed by atoms with Gasteiger partial charge in [-0.05, 0) is 13.8 Å². The van der Waals surface area contributed by atoms with E-state index in [2.05, 4.69) is 9.97 Å². The first-order chi connectivity index (χ1) is 8.58. The molecule has 0 aliphatic carbocycles. The number of carbonyl (C=O) groups excluding carboxylic acids is 1. The van der Waals surface area contributed by atoms with Crippen molar-refractivity contribution >= 4 is 5.91 Å². The van der Waals surface area contributed by atoms with Crippen LogP contribution in [-0.4, -0.2) is 47.1 Å². The Hall–Kier alpha value is -1.69. The van der Waals surface area contributed by atoms with Crippen molar-refractivity contribution in [3.63, 3.8) is 0 Å². The molecule has 0 spiro atoms. The van der Waals surface area contributed by atoms with Crippen LogP contribution in [0.4, 0.5) is 0 Å². The van der Waals surface area contributed by atoms with Crippen LogP contribution in [0.3, 0.4) is 0 Å². The molecule has 1 aliphatic heterocycles. The van der Waals surface area contributed by atoms with E-state index < -0.39 is 0 Å². The van der Waals surface area contributed by atoms with Crippen molar-refractivity contribution in [2.75, 3.05) is 26.3 Å². The van der Waals surface area contributed by atoms with Gasteiger partial charge < -0.3 is 14.6 Å². The second kappa shape index (κ2) is 5.30. The maximum atomic E-state index is 12.1. The summed E-state index contributed by atoms with van der Waals surface area (Å²) in [6.45, 7) is 5.99. The van der Waals surface area contributed by atoms with Gasteiger partial charge in [-0.1, -0.05) is 0 Å². The van der Waals surface area contributed by atoms with Crippen molar-refractivity contribution in [2.45, 2.75) is 20.3 Å². The van der Waals surface area contributed by atoms with Crippen molar-refractivity contribution in [1.29, 1.82) is 0 Å². The maximum absolute atomic E-state index is 12.1. The Morgan fingerprint density at radius 2 is 2.06 bits per heavy atom. The van der Waals surface area contributed by atoms with E-state index in [1.165, 1.54) is 0 Å². The van der Waals surface area contributed by atoms with E-state index in [1.54, 1.807) is 18.7 Å². The van der Waals surface area contributed by atoms with E-state index in [-0.39, 0.29) is 18.0 Å². The van der Waals surface area contributed by atoms with Gasteiger partial charge in [-0.25, -0.2) is 4.79 Å². The molecule has 1 fully saturated rings. The van der Waals surface area contributed by atoms with Crippen LogP contribution in [0, 0.1) is 13.8 Å². The number of rotatable bonds is 2. The predicted octanol–water partition coefficient (Wildman–Crippen LogP) is -0.212. The number of H-pyrrole nitrogens is 1. The van der Waals surface area contributed by atoms with E-state index in [9.17, 15) is 9.59 Å². The van der Waals surface area contributed by atoms with Gasteiger partial charge in [0.25, 0.3) is 0 Å². The molecule has 1 amide bonds. The minimum Gasteiger partial charge on any atom is -0.378 e. The molecule has 1 saturated heterocycles. The molecule has 2 heterocycles. The van der Waals surface area contributed by atoms with Gasteiger partial charge in [-0.15, -0.1) is 0 Å². The van der Waals surface area contributed by atoms with Crippen LogP contribution in [0.5, 0.6) is 0 Å². The smallest absolute Gasteiger partial charge is 0.345 e. The maximum Gasteiger partial charge on any atom is 0.345 e. The lowest BCUT2D eigenvalue weighted by atomic mass is 10.1. The van der Waals surface area contributed by atoms with Crippen molar-refractivity contribution in [2.24, 2.45) is 0 Å². The zero-order valence-corrected chi connectivity index (χ0v) is 10.7. The Morgan fingerprint density at radius 1 is 1.39 bits per heavy atom. The standard InChI is InChI=1S/C12H17N3O3/c1-8-10(9(2)14-12(17)13-8)7-11(16)15-3-5-18-6-4-15/h3-7H2,1-2H3,(H,13,14,17). The highest BCUT2D eigenvalue weighted by molar-refractivity contribution is 5.79. The average Bonchev–Trinajstić information content (AvgIpc) is 2.34. The number of aromatic amines is 1. The monoisotopic (exact) mass is 251 g/mol.